The van der Waals surface area contributed by atoms with E-state index in [1.54, 1.807) is 0 Å². The third-order valence-electron chi connectivity index (χ3n) is 18.2. The van der Waals surface area contributed by atoms with Crippen molar-refractivity contribution in [3.8, 4) is 35.8 Å². The largest absolute Gasteiger partial charge is 0.438 e. The molecule has 8 heteroatoms. The second kappa shape index (κ2) is 37.0. The van der Waals surface area contributed by atoms with Crippen LogP contribution in [-0.4, -0.2) is 62.2 Å². The summed E-state index contributed by atoms with van der Waals surface area (Å²) in [6, 6.07) is 24.1. The molecule has 7 rings (SSSR count). The summed E-state index contributed by atoms with van der Waals surface area (Å²) >= 11 is 0. The van der Waals surface area contributed by atoms with Crippen LogP contribution in [0.25, 0.3) is 21.9 Å². The molecule has 2 aliphatic heterocycles. The van der Waals surface area contributed by atoms with Gasteiger partial charge in [0.25, 0.3) is 0 Å². The van der Waals surface area contributed by atoms with Gasteiger partial charge in [0.1, 0.15) is 23.3 Å². The highest BCUT2D eigenvalue weighted by atomic mass is 16.4. The van der Waals surface area contributed by atoms with Gasteiger partial charge in [0, 0.05) is 49.4 Å². The molecule has 0 saturated carbocycles. The summed E-state index contributed by atoms with van der Waals surface area (Å²) in [7, 11) is 0. The molecule has 0 bridgehead atoms. The normalized spacial score (nSPS) is 15.3. The SMILES string of the molecule is CCCCCCCCN1CCCC1c1ccc(C#Cc2c3oc(N(CCCCCC)CCCCCC)c(C#N)c3c(C#Cc3ccc(C4CCCN4CCCCCCCC)cc3)c3oc(N(CCCCCC)CCCCCC)c(C#N)c23)cc1. The molecule has 454 valence electrons. The van der Waals surface area contributed by atoms with E-state index < -0.39 is 0 Å². The molecule has 2 unspecified atom stereocenters. The van der Waals surface area contributed by atoms with Crippen molar-refractivity contribution in [1.82, 2.24) is 9.80 Å². The minimum atomic E-state index is 0.429. The van der Waals surface area contributed by atoms with Crippen LogP contribution in [0.4, 0.5) is 11.8 Å². The Bertz CT molecular complexity index is 2700. The summed E-state index contributed by atoms with van der Waals surface area (Å²) in [5.41, 5.74) is 7.62. The Labute approximate surface area is 510 Å². The predicted octanol–water partition coefficient (Wildman–Crippen LogP) is 20.7. The van der Waals surface area contributed by atoms with Crippen LogP contribution >= 0.6 is 0 Å². The van der Waals surface area contributed by atoms with Crippen LogP contribution in [0.1, 0.15) is 304 Å². The number of hydrogen-bond donors (Lipinski definition) is 0. The zero-order valence-electron chi connectivity index (χ0n) is 53.6. The maximum Gasteiger partial charge on any atom is 0.214 e. The van der Waals surface area contributed by atoms with Crippen molar-refractivity contribution < 1.29 is 8.83 Å². The molecule has 2 aromatic heterocycles. The lowest BCUT2D eigenvalue weighted by molar-refractivity contribution is 0.251. The van der Waals surface area contributed by atoms with E-state index >= 15 is 0 Å². The highest BCUT2D eigenvalue weighted by Crippen LogP contribution is 2.46. The van der Waals surface area contributed by atoms with Crippen molar-refractivity contribution in [2.75, 3.05) is 62.2 Å². The molecule has 2 saturated heterocycles. The molecule has 0 aliphatic carbocycles. The quantitative estimate of drug-likeness (QED) is 0.0285. The van der Waals surface area contributed by atoms with Gasteiger partial charge in [-0.2, -0.15) is 10.5 Å². The van der Waals surface area contributed by atoms with Gasteiger partial charge in [-0.05, 0) is 126 Å². The Morgan fingerprint density at radius 2 is 0.702 bits per heavy atom. The highest BCUT2D eigenvalue weighted by molar-refractivity contribution is 6.12. The van der Waals surface area contributed by atoms with E-state index in [1.807, 2.05) is 0 Å². The van der Waals surface area contributed by atoms with Gasteiger partial charge in [0.05, 0.1) is 21.9 Å². The zero-order chi connectivity index (χ0) is 59.1. The topological polar surface area (TPSA) is 86.8 Å². The van der Waals surface area contributed by atoms with E-state index in [1.165, 1.54) is 114 Å². The number of benzene rings is 3. The van der Waals surface area contributed by atoms with Crippen LogP contribution in [-0.2, 0) is 0 Å². The van der Waals surface area contributed by atoms with E-state index in [4.69, 9.17) is 8.83 Å². The van der Waals surface area contributed by atoms with Gasteiger partial charge in [0.15, 0.2) is 11.2 Å². The van der Waals surface area contributed by atoms with Crippen LogP contribution < -0.4 is 9.80 Å². The summed E-state index contributed by atoms with van der Waals surface area (Å²) in [5.74, 6) is 15.7. The van der Waals surface area contributed by atoms with Crippen LogP contribution in [0.15, 0.2) is 57.4 Å². The minimum Gasteiger partial charge on any atom is -0.438 e. The van der Waals surface area contributed by atoms with Crippen molar-refractivity contribution in [3.63, 3.8) is 0 Å². The average Bonchev–Trinajstić information content (AvgIpc) is 4.48. The first-order chi connectivity index (χ1) is 41.4. The van der Waals surface area contributed by atoms with Gasteiger partial charge in [-0.15, -0.1) is 0 Å². The molecule has 3 aromatic carbocycles. The third kappa shape index (κ3) is 18.7. The fraction of sp³-hybridized carbons (Fsp3) is 0.632. The fourth-order valence-corrected chi connectivity index (χ4v) is 13.3. The van der Waals surface area contributed by atoms with E-state index in [0.717, 1.165) is 166 Å². The Morgan fingerprint density at radius 3 is 1.02 bits per heavy atom. The molecule has 2 fully saturated rings. The second-order valence-corrected chi connectivity index (χ2v) is 24.8. The van der Waals surface area contributed by atoms with E-state index in [-0.39, 0.29) is 0 Å². The lowest BCUT2D eigenvalue weighted by Gasteiger charge is -2.25. The molecule has 8 nitrogen and oxygen atoms in total. The molecule has 0 N–H and O–H groups in total. The number of furan rings is 2. The van der Waals surface area contributed by atoms with Crippen LogP contribution in [0.2, 0.25) is 0 Å². The number of nitrogens with zero attached hydrogens (tertiary/aromatic N) is 6. The van der Waals surface area contributed by atoms with Gasteiger partial charge < -0.3 is 18.6 Å². The minimum absolute atomic E-state index is 0.429. The maximum absolute atomic E-state index is 11.6. The van der Waals surface area contributed by atoms with Crippen molar-refractivity contribution >= 4 is 33.7 Å². The first-order valence-electron chi connectivity index (χ1n) is 34.5. The summed E-state index contributed by atoms with van der Waals surface area (Å²) < 4.78 is 14.6. The first-order valence-corrected chi connectivity index (χ1v) is 34.5. The smallest absolute Gasteiger partial charge is 0.214 e. The number of hydrogen-bond acceptors (Lipinski definition) is 8. The molecule has 4 heterocycles. The summed E-state index contributed by atoms with van der Waals surface area (Å²) in [5, 5.41) is 24.4. The van der Waals surface area contributed by atoms with E-state index in [9.17, 15) is 10.5 Å². The predicted molar refractivity (Wildman–Crippen MR) is 355 cm³/mol. The van der Waals surface area contributed by atoms with E-state index in [2.05, 4.69) is 145 Å². The van der Waals surface area contributed by atoms with Gasteiger partial charge >= 0.3 is 0 Å². The standard InChI is InChI=1S/C76H108N6O2/c1-7-13-19-25-27-33-51-79-57-35-37-69(79)63-45-39-61(40-46-63)43-49-65-71-67(59-77)75(81(53-29-21-15-9-3)54-30-22-16-10-4)84-74(71)66(72-68(60-78)76(83-73(65)72)82(55-31-23-17-11-5)56-32-24-18-12-6)50-44-62-41-47-64(48-42-62)70-38-36-58-80(70)52-34-28-26-20-14-8-2/h39-42,45-48,69-70H,7-38,51-58H2,1-6H3. The van der Waals surface area contributed by atoms with Crippen molar-refractivity contribution in [2.45, 2.75) is 259 Å². The van der Waals surface area contributed by atoms with Crippen LogP contribution in [0, 0.1) is 46.3 Å². The third-order valence-corrected chi connectivity index (χ3v) is 18.2. The van der Waals surface area contributed by atoms with Gasteiger partial charge in [-0.1, -0.05) is 231 Å². The molecule has 5 aromatic rings. The zero-order valence-corrected chi connectivity index (χ0v) is 53.6. The molecule has 0 spiro atoms. The fourth-order valence-electron chi connectivity index (χ4n) is 13.3. The number of likely N-dealkylation sites (tertiary alicyclic amines) is 2. The number of anilines is 2. The number of fused-ring (bicyclic) bond motifs is 2. The Hall–Kier alpha value is -5.64. The van der Waals surface area contributed by atoms with Crippen LogP contribution in [0.3, 0.4) is 0 Å². The van der Waals surface area contributed by atoms with Gasteiger partial charge in [-0.25, -0.2) is 0 Å². The molecule has 84 heavy (non-hydrogen) atoms. The number of unbranched alkanes of at least 4 members (excludes halogenated alkanes) is 22. The summed E-state index contributed by atoms with van der Waals surface area (Å²) in [6.45, 7) is 21.3. The Morgan fingerprint density at radius 1 is 0.393 bits per heavy atom. The number of nitriles is 2. The van der Waals surface area contributed by atoms with Crippen molar-refractivity contribution in [2.24, 2.45) is 0 Å². The molecule has 2 atom stereocenters. The molecule has 0 radical (unpaired) electrons. The monoisotopic (exact) mass is 1140 g/mol. The Kier molecular flexibility index (Phi) is 29.1. The molecule has 2 aliphatic rings. The Balaban J connectivity index is 1.38. The van der Waals surface area contributed by atoms with Crippen molar-refractivity contribution in [3.05, 3.63) is 93.0 Å². The summed E-state index contributed by atoms with van der Waals surface area (Å²) in [4.78, 5) is 10.0. The van der Waals surface area contributed by atoms with Gasteiger partial charge in [0.2, 0.25) is 11.8 Å². The lowest BCUT2D eigenvalue weighted by Crippen LogP contribution is -2.26. The van der Waals surface area contributed by atoms with E-state index in [0.29, 0.717) is 68.0 Å². The first kappa shape index (κ1) is 65.9. The molecule has 0 amide bonds. The van der Waals surface area contributed by atoms with Crippen molar-refractivity contribution in [1.29, 1.82) is 10.5 Å². The molecular formula is C76H108N6O2. The van der Waals surface area contributed by atoms with Gasteiger partial charge in [-0.3, -0.25) is 9.80 Å². The number of rotatable bonds is 38. The lowest BCUT2D eigenvalue weighted by atomic mass is 9.96. The van der Waals surface area contributed by atoms with Crippen LogP contribution in [0.5, 0.6) is 0 Å². The second-order valence-electron chi connectivity index (χ2n) is 24.8. The maximum atomic E-state index is 11.6. The molecular weight excluding hydrogens is 1030 g/mol. The summed E-state index contributed by atoms with van der Waals surface area (Å²) in [6.07, 6.45) is 38.2. The average molecular weight is 1140 g/mol. The highest BCUT2D eigenvalue weighted by Gasteiger charge is 2.32.